The van der Waals surface area contributed by atoms with Crippen LogP contribution in [0.3, 0.4) is 0 Å². The fraction of sp³-hybridized carbons (Fsp3) is 0. The maximum absolute atomic E-state index is 12.3. The van der Waals surface area contributed by atoms with E-state index >= 15 is 0 Å². The minimum absolute atomic E-state index is 0.0153. The molecule has 0 unspecified atom stereocenters. The number of nitro benzene ring substituents is 1. The van der Waals surface area contributed by atoms with Gasteiger partial charge in [-0.3, -0.25) is 19.7 Å². The van der Waals surface area contributed by atoms with Crippen LogP contribution in [0.1, 0.15) is 20.7 Å². The maximum atomic E-state index is 12.3. The number of nitrogens with zero attached hydrogens (tertiary/aromatic N) is 1. The molecule has 140 valence electrons. The van der Waals surface area contributed by atoms with Crippen LogP contribution in [0.2, 0.25) is 5.02 Å². The van der Waals surface area contributed by atoms with Gasteiger partial charge >= 0.3 is 0 Å². The molecule has 3 aromatic rings. The third kappa shape index (κ3) is 4.52. The molecule has 0 saturated carbocycles. The van der Waals surface area contributed by atoms with Crippen molar-refractivity contribution in [2.45, 2.75) is 0 Å². The lowest BCUT2D eigenvalue weighted by molar-refractivity contribution is -0.384. The van der Waals surface area contributed by atoms with E-state index in [-0.39, 0.29) is 22.2 Å². The van der Waals surface area contributed by atoms with Crippen molar-refractivity contribution in [1.29, 1.82) is 0 Å². The molecule has 0 saturated heterocycles. The van der Waals surface area contributed by atoms with Crippen LogP contribution in [0.4, 0.5) is 17.1 Å². The fourth-order valence-electron chi connectivity index (χ4n) is 2.43. The molecule has 0 bridgehead atoms. The zero-order valence-corrected chi connectivity index (χ0v) is 15.1. The summed E-state index contributed by atoms with van der Waals surface area (Å²) in [7, 11) is 0. The molecule has 0 heterocycles. The van der Waals surface area contributed by atoms with Gasteiger partial charge in [0, 0.05) is 29.1 Å². The van der Waals surface area contributed by atoms with Crippen LogP contribution in [0.15, 0.2) is 72.8 Å². The second-order valence-electron chi connectivity index (χ2n) is 5.77. The number of carbonyl (C=O) groups is 2. The minimum atomic E-state index is -0.587. The lowest BCUT2D eigenvalue weighted by Gasteiger charge is -2.09. The van der Waals surface area contributed by atoms with E-state index in [9.17, 15) is 19.7 Å². The van der Waals surface area contributed by atoms with Crippen LogP contribution in [0, 0.1) is 10.1 Å². The molecular weight excluding hydrogens is 382 g/mol. The number of hydrogen-bond acceptors (Lipinski definition) is 4. The molecule has 7 nitrogen and oxygen atoms in total. The maximum Gasteiger partial charge on any atom is 0.270 e. The summed E-state index contributed by atoms with van der Waals surface area (Å²) in [5.41, 5.74) is 1.51. The number of nitro groups is 1. The first-order chi connectivity index (χ1) is 13.4. The number of hydrogen-bond donors (Lipinski definition) is 2. The second kappa shape index (κ2) is 8.32. The second-order valence-corrected chi connectivity index (χ2v) is 6.18. The molecule has 0 radical (unpaired) electrons. The van der Waals surface area contributed by atoms with E-state index in [1.54, 1.807) is 48.5 Å². The normalized spacial score (nSPS) is 10.2. The van der Waals surface area contributed by atoms with Crippen molar-refractivity contribution >= 4 is 40.5 Å². The summed E-state index contributed by atoms with van der Waals surface area (Å²) in [5, 5.41) is 16.1. The van der Waals surface area contributed by atoms with Crippen molar-refractivity contribution in [2.75, 3.05) is 10.6 Å². The van der Waals surface area contributed by atoms with E-state index in [2.05, 4.69) is 10.6 Å². The van der Waals surface area contributed by atoms with Crippen LogP contribution >= 0.6 is 11.6 Å². The average Bonchev–Trinajstić information content (AvgIpc) is 2.69. The molecule has 28 heavy (non-hydrogen) atoms. The first kappa shape index (κ1) is 19.1. The van der Waals surface area contributed by atoms with Gasteiger partial charge in [0.2, 0.25) is 0 Å². The van der Waals surface area contributed by atoms with Crippen molar-refractivity contribution in [2.24, 2.45) is 0 Å². The molecule has 3 rings (SSSR count). The Labute approximate surface area is 165 Å². The zero-order chi connectivity index (χ0) is 20.1. The van der Waals surface area contributed by atoms with Gasteiger partial charge in [-0.15, -0.1) is 0 Å². The number of non-ortho nitro benzene ring substituents is 1. The number of carbonyl (C=O) groups excluding carboxylic acids is 2. The highest BCUT2D eigenvalue weighted by Gasteiger charge is 2.15. The van der Waals surface area contributed by atoms with Gasteiger partial charge in [-0.2, -0.15) is 0 Å². The van der Waals surface area contributed by atoms with E-state index in [1.807, 2.05) is 6.07 Å². The van der Waals surface area contributed by atoms with Gasteiger partial charge in [0.25, 0.3) is 17.5 Å². The summed E-state index contributed by atoms with van der Waals surface area (Å²) in [6, 6.07) is 19.0. The van der Waals surface area contributed by atoms with Gasteiger partial charge in [0.1, 0.15) is 0 Å². The zero-order valence-electron chi connectivity index (χ0n) is 14.4. The summed E-state index contributed by atoms with van der Waals surface area (Å²) in [4.78, 5) is 34.6. The molecule has 2 amide bonds. The Balaban J connectivity index is 1.66. The Kier molecular flexibility index (Phi) is 5.67. The summed E-state index contributed by atoms with van der Waals surface area (Å²) in [6.45, 7) is 0. The molecule has 0 aliphatic carbocycles. The number of halogens is 1. The molecule has 2 N–H and O–H groups in total. The fourth-order valence-corrected chi connectivity index (χ4v) is 2.69. The highest BCUT2D eigenvalue weighted by atomic mass is 35.5. The molecular formula is C20H14ClN3O4. The highest BCUT2D eigenvalue weighted by Crippen LogP contribution is 2.24. The topological polar surface area (TPSA) is 101 Å². The predicted octanol–water partition coefficient (Wildman–Crippen LogP) is 4.75. The standard InChI is InChI=1S/C20H14ClN3O4/c21-18-12-16(24(27)28)10-11-17(18)20(26)23-15-8-6-14(7-9-15)22-19(25)13-4-2-1-3-5-13/h1-12H,(H,22,25)(H,23,26). The van der Waals surface area contributed by atoms with Crippen molar-refractivity contribution in [3.8, 4) is 0 Å². The van der Waals surface area contributed by atoms with E-state index in [0.29, 0.717) is 16.9 Å². The largest absolute Gasteiger partial charge is 0.322 e. The first-order valence-electron chi connectivity index (χ1n) is 8.16. The summed E-state index contributed by atoms with van der Waals surface area (Å²) in [5.74, 6) is -0.740. The van der Waals surface area contributed by atoms with Gasteiger partial charge in [-0.1, -0.05) is 29.8 Å². The summed E-state index contributed by atoms with van der Waals surface area (Å²) in [6.07, 6.45) is 0. The number of rotatable bonds is 5. The smallest absolute Gasteiger partial charge is 0.270 e. The van der Waals surface area contributed by atoms with Crippen LogP contribution in [0.5, 0.6) is 0 Å². The van der Waals surface area contributed by atoms with Gasteiger partial charge in [-0.05, 0) is 42.5 Å². The van der Waals surface area contributed by atoms with Crippen LogP contribution in [-0.4, -0.2) is 16.7 Å². The lowest BCUT2D eigenvalue weighted by atomic mass is 10.2. The van der Waals surface area contributed by atoms with Crippen LogP contribution in [-0.2, 0) is 0 Å². The highest BCUT2D eigenvalue weighted by molar-refractivity contribution is 6.34. The Hall–Kier alpha value is -3.71. The van der Waals surface area contributed by atoms with Crippen LogP contribution in [0.25, 0.3) is 0 Å². The number of amides is 2. The predicted molar refractivity (Wildman–Crippen MR) is 107 cm³/mol. The number of nitrogens with one attached hydrogen (secondary N) is 2. The summed E-state index contributed by atoms with van der Waals surface area (Å²) < 4.78 is 0. The Morgan fingerprint density at radius 1 is 0.821 bits per heavy atom. The number of anilines is 2. The van der Waals surface area contributed by atoms with E-state index in [4.69, 9.17) is 11.6 Å². The molecule has 0 aliphatic rings. The molecule has 0 aromatic heterocycles. The van der Waals surface area contributed by atoms with Crippen molar-refractivity contribution in [1.82, 2.24) is 0 Å². The van der Waals surface area contributed by atoms with Gasteiger partial charge in [0.05, 0.1) is 15.5 Å². The van der Waals surface area contributed by atoms with Gasteiger partial charge < -0.3 is 10.6 Å². The third-order valence-corrected chi connectivity index (χ3v) is 4.16. The molecule has 8 heteroatoms. The molecule has 0 spiro atoms. The average molecular weight is 396 g/mol. The Morgan fingerprint density at radius 2 is 1.39 bits per heavy atom. The monoisotopic (exact) mass is 395 g/mol. The van der Waals surface area contributed by atoms with Crippen molar-refractivity contribution in [3.63, 3.8) is 0 Å². The lowest BCUT2D eigenvalue weighted by Crippen LogP contribution is -2.13. The van der Waals surface area contributed by atoms with Crippen molar-refractivity contribution in [3.05, 3.63) is 99.1 Å². The molecule has 0 aliphatic heterocycles. The minimum Gasteiger partial charge on any atom is -0.322 e. The number of benzene rings is 3. The van der Waals surface area contributed by atoms with E-state index in [1.165, 1.54) is 12.1 Å². The Bertz CT molecular complexity index is 1040. The third-order valence-electron chi connectivity index (χ3n) is 3.84. The Morgan fingerprint density at radius 3 is 1.93 bits per heavy atom. The quantitative estimate of drug-likeness (QED) is 0.480. The summed E-state index contributed by atoms with van der Waals surface area (Å²) >= 11 is 5.96. The molecule has 0 atom stereocenters. The van der Waals surface area contributed by atoms with Crippen molar-refractivity contribution < 1.29 is 14.5 Å². The SMILES string of the molecule is O=C(Nc1ccc(NC(=O)c2ccc([N+](=O)[O-])cc2Cl)cc1)c1ccccc1. The van der Waals surface area contributed by atoms with Gasteiger partial charge in [0.15, 0.2) is 0 Å². The van der Waals surface area contributed by atoms with E-state index < -0.39 is 10.8 Å². The first-order valence-corrected chi connectivity index (χ1v) is 8.53. The molecule has 0 fully saturated rings. The van der Waals surface area contributed by atoms with Gasteiger partial charge in [-0.25, -0.2) is 0 Å². The van der Waals surface area contributed by atoms with Crippen LogP contribution < -0.4 is 10.6 Å². The van der Waals surface area contributed by atoms with E-state index in [0.717, 1.165) is 6.07 Å². The molecule has 3 aromatic carbocycles.